The first-order valence-electron chi connectivity index (χ1n) is 4.87. The summed E-state index contributed by atoms with van der Waals surface area (Å²) in [5.74, 6) is 1.46. The summed E-state index contributed by atoms with van der Waals surface area (Å²) in [5.41, 5.74) is 0. The maximum Gasteiger partial charge on any atom is 0.231 e. The molecule has 2 heterocycles. The second-order valence-corrected chi connectivity index (χ2v) is 3.46. The van der Waals surface area contributed by atoms with Gasteiger partial charge >= 0.3 is 0 Å². The summed E-state index contributed by atoms with van der Waals surface area (Å²) in [6.45, 7) is 1.95. The van der Waals surface area contributed by atoms with Gasteiger partial charge in [-0.2, -0.15) is 4.98 Å². The Balaban J connectivity index is 2.03. The van der Waals surface area contributed by atoms with Gasteiger partial charge in [0.2, 0.25) is 5.89 Å². The molecule has 1 aliphatic rings. The first-order valence-corrected chi connectivity index (χ1v) is 4.87. The van der Waals surface area contributed by atoms with Gasteiger partial charge in [-0.05, 0) is 19.4 Å². The number of carbonyl (C=O) groups is 1. The fourth-order valence-electron chi connectivity index (χ4n) is 1.65. The number of piperidine rings is 1. The van der Waals surface area contributed by atoms with Crippen molar-refractivity contribution in [1.29, 1.82) is 0 Å². The van der Waals surface area contributed by atoms with Crippen LogP contribution in [0.15, 0.2) is 4.52 Å². The zero-order valence-electron chi connectivity index (χ0n) is 7.90. The van der Waals surface area contributed by atoms with Crippen LogP contribution in [0.2, 0.25) is 0 Å². The van der Waals surface area contributed by atoms with E-state index in [2.05, 4.69) is 15.5 Å². The van der Waals surface area contributed by atoms with Crippen molar-refractivity contribution >= 4 is 6.29 Å². The third-order valence-corrected chi connectivity index (χ3v) is 2.40. The minimum absolute atomic E-state index is 0.240. The van der Waals surface area contributed by atoms with Gasteiger partial charge in [-0.1, -0.05) is 5.16 Å². The highest BCUT2D eigenvalue weighted by Crippen LogP contribution is 2.21. The van der Waals surface area contributed by atoms with Crippen molar-refractivity contribution in [2.24, 2.45) is 0 Å². The van der Waals surface area contributed by atoms with Gasteiger partial charge in [0.25, 0.3) is 0 Å². The topological polar surface area (TPSA) is 68.0 Å². The van der Waals surface area contributed by atoms with Crippen LogP contribution in [0.5, 0.6) is 0 Å². The first-order chi connectivity index (χ1) is 6.90. The van der Waals surface area contributed by atoms with Gasteiger partial charge in [0.15, 0.2) is 5.82 Å². The normalized spacial score (nSPS) is 22.1. The molecule has 1 atom stereocenters. The van der Waals surface area contributed by atoms with E-state index in [1.807, 2.05) is 0 Å². The summed E-state index contributed by atoms with van der Waals surface area (Å²) in [7, 11) is 0. The fourth-order valence-corrected chi connectivity index (χ4v) is 1.65. The van der Waals surface area contributed by atoms with Crippen LogP contribution in [0.1, 0.15) is 30.5 Å². The molecule has 14 heavy (non-hydrogen) atoms. The van der Waals surface area contributed by atoms with Crippen LogP contribution in [-0.2, 0) is 11.2 Å². The molecule has 0 aromatic carbocycles. The highest BCUT2D eigenvalue weighted by atomic mass is 16.5. The van der Waals surface area contributed by atoms with Crippen LogP contribution >= 0.6 is 0 Å². The largest absolute Gasteiger partial charge is 0.339 e. The van der Waals surface area contributed by atoms with Crippen LogP contribution in [0.25, 0.3) is 0 Å². The number of carbonyl (C=O) groups excluding carboxylic acids is 1. The molecule has 0 saturated carbocycles. The van der Waals surface area contributed by atoms with Crippen LogP contribution < -0.4 is 5.32 Å². The average Bonchev–Trinajstić information content (AvgIpc) is 2.68. The van der Waals surface area contributed by atoms with E-state index < -0.39 is 0 Å². The standard InChI is InChI=1S/C9H13N3O2/c13-5-3-8-11-9(14-12-8)7-2-1-4-10-6-7/h5,7,10H,1-4,6H2. The van der Waals surface area contributed by atoms with Crippen LogP contribution in [0, 0.1) is 0 Å². The Morgan fingerprint density at radius 1 is 1.64 bits per heavy atom. The van der Waals surface area contributed by atoms with Crippen LogP contribution in [0.3, 0.4) is 0 Å². The number of hydrogen-bond acceptors (Lipinski definition) is 5. The van der Waals surface area contributed by atoms with Gasteiger partial charge in [0, 0.05) is 6.54 Å². The monoisotopic (exact) mass is 195 g/mol. The summed E-state index contributed by atoms with van der Waals surface area (Å²) in [6, 6.07) is 0. The lowest BCUT2D eigenvalue weighted by Crippen LogP contribution is -2.28. The molecule has 1 aromatic heterocycles. The summed E-state index contributed by atoms with van der Waals surface area (Å²) >= 11 is 0. The van der Waals surface area contributed by atoms with Crippen molar-refractivity contribution < 1.29 is 9.32 Å². The Kier molecular flexibility index (Phi) is 2.88. The number of nitrogens with one attached hydrogen (secondary N) is 1. The van der Waals surface area contributed by atoms with Gasteiger partial charge < -0.3 is 14.6 Å². The number of rotatable bonds is 3. The number of hydrogen-bond donors (Lipinski definition) is 1. The summed E-state index contributed by atoms with van der Waals surface area (Å²) in [6.07, 6.45) is 3.24. The molecule has 1 unspecified atom stereocenters. The van der Waals surface area contributed by atoms with Gasteiger partial charge in [-0.15, -0.1) is 0 Å². The predicted molar refractivity (Wildman–Crippen MR) is 48.9 cm³/mol. The molecule has 1 aromatic rings. The second kappa shape index (κ2) is 4.32. The molecule has 76 valence electrons. The van der Waals surface area contributed by atoms with Crippen molar-refractivity contribution in [2.75, 3.05) is 13.1 Å². The Morgan fingerprint density at radius 3 is 3.29 bits per heavy atom. The van der Waals surface area contributed by atoms with E-state index in [1.165, 1.54) is 0 Å². The van der Waals surface area contributed by atoms with Gasteiger partial charge in [0.05, 0.1) is 12.3 Å². The zero-order chi connectivity index (χ0) is 9.80. The van der Waals surface area contributed by atoms with Crippen molar-refractivity contribution in [3.8, 4) is 0 Å². The lowest BCUT2D eigenvalue weighted by atomic mass is 10.00. The first kappa shape index (κ1) is 9.33. The molecule has 0 bridgehead atoms. The fraction of sp³-hybridized carbons (Fsp3) is 0.667. The minimum atomic E-state index is 0.240. The minimum Gasteiger partial charge on any atom is -0.339 e. The molecular formula is C9H13N3O2. The smallest absolute Gasteiger partial charge is 0.231 e. The summed E-state index contributed by atoms with van der Waals surface area (Å²) < 4.78 is 5.10. The van der Waals surface area contributed by atoms with E-state index in [9.17, 15) is 4.79 Å². The highest BCUT2D eigenvalue weighted by molar-refractivity contribution is 5.52. The molecule has 0 amide bonds. The van der Waals surface area contributed by atoms with Gasteiger partial charge in [-0.25, -0.2) is 0 Å². The highest BCUT2D eigenvalue weighted by Gasteiger charge is 2.20. The molecule has 5 heteroatoms. The van der Waals surface area contributed by atoms with E-state index >= 15 is 0 Å². The van der Waals surface area contributed by atoms with E-state index in [0.29, 0.717) is 17.6 Å². The second-order valence-electron chi connectivity index (χ2n) is 3.46. The van der Waals surface area contributed by atoms with Crippen molar-refractivity contribution in [3.63, 3.8) is 0 Å². The zero-order valence-corrected chi connectivity index (χ0v) is 7.90. The summed E-state index contributed by atoms with van der Waals surface area (Å²) in [5, 5.41) is 7.01. The van der Waals surface area contributed by atoms with Gasteiger partial charge in [0.1, 0.15) is 6.29 Å². The quantitative estimate of drug-likeness (QED) is 0.701. The van der Waals surface area contributed by atoms with Gasteiger partial charge in [-0.3, -0.25) is 0 Å². The third kappa shape index (κ3) is 1.98. The molecule has 2 rings (SSSR count). The molecule has 0 spiro atoms. The Bertz CT molecular complexity index is 305. The average molecular weight is 195 g/mol. The lowest BCUT2D eigenvalue weighted by molar-refractivity contribution is -0.107. The molecule has 1 N–H and O–H groups in total. The maximum absolute atomic E-state index is 10.2. The number of aldehydes is 1. The lowest BCUT2D eigenvalue weighted by Gasteiger charge is -2.18. The molecule has 5 nitrogen and oxygen atoms in total. The molecule has 1 saturated heterocycles. The van der Waals surface area contributed by atoms with Crippen molar-refractivity contribution in [2.45, 2.75) is 25.2 Å². The maximum atomic E-state index is 10.2. The molecule has 0 radical (unpaired) electrons. The molecular weight excluding hydrogens is 182 g/mol. The van der Waals surface area contributed by atoms with Crippen LogP contribution in [0.4, 0.5) is 0 Å². The van der Waals surface area contributed by atoms with Crippen molar-refractivity contribution in [3.05, 3.63) is 11.7 Å². The van der Waals surface area contributed by atoms with E-state index in [-0.39, 0.29) is 6.42 Å². The summed E-state index contributed by atoms with van der Waals surface area (Å²) in [4.78, 5) is 14.4. The molecule has 0 aliphatic carbocycles. The van der Waals surface area contributed by atoms with Crippen molar-refractivity contribution in [1.82, 2.24) is 15.5 Å². The Labute approximate surface area is 81.9 Å². The molecule has 1 fully saturated rings. The van der Waals surface area contributed by atoms with E-state index in [0.717, 1.165) is 32.2 Å². The van der Waals surface area contributed by atoms with E-state index in [4.69, 9.17) is 4.52 Å². The van der Waals surface area contributed by atoms with E-state index in [1.54, 1.807) is 0 Å². The number of aromatic nitrogens is 2. The van der Waals surface area contributed by atoms with Crippen LogP contribution in [-0.4, -0.2) is 29.5 Å². The third-order valence-electron chi connectivity index (χ3n) is 2.40. The molecule has 1 aliphatic heterocycles. The SMILES string of the molecule is O=CCc1noc(C2CCCNC2)n1. The Morgan fingerprint density at radius 2 is 2.57 bits per heavy atom. The number of nitrogens with zero attached hydrogens (tertiary/aromatic N) is 2. The Hall–Kier alpha value is -1.23. The predicted octanol–water partition coefficient (Wildman–Crippen LogP) is 0.278.